The van der Waals surface area contributed by atoms with E-state index in [2.05, 4.69) is 4.31 Å². The van der Waals surface area contributed by atoms with Gasteiger partial charge in [-0.1, -0.05) is 7.43 Å². The van der Waals surface area contributed by atoms with Crippen LogP contribution in [0.1, 0.15) is 7.43 Å². The summed E-state index contributed by atoms with van der Waals surface area (Å²) >= 11 is 0. The Balaban J connectivity index is -0.0000000817. The molecular weight excluding hydrogens is 216 g/mol. The summed E-state index contributed by atoms with van der Waals surface area (Å²) in [5.41, 5.74) is 0. The fourth-order valence-corrected chi connectivity index (χ4v) is 0.848. The maximum atomic E-state index is 9.43. The number of hydrogen-bond donors (Lipinski definition) is 1. The van der Waals surface area contributed by atoms with E-state index in [4.69, 9.17) is 4.89 Å². The van der Waals surface area contributed by atoms with Gasteiger partial charge >= 0.3 is 59.1 Å². The molecule has 0 rings (SSSR count). The van der Waals surface area contributed by atoms with Crippen molar-refractivity contribution in [2.24, 2.45) is 0 Å². The van der Waals surface area contributed by atoms with E-state index in [-0.39, 0.29) is 66.5 Å². The first-order valence-electron chi connectivity index (χ1n) is 1.36. The summed E-state index contributed by atoms with van der Waals surface area (Å²) in [5, 5.41) is 0. The van der Waals surface area contributed by atoms with Crippen LogP contribution in [0.15, 0.2) is 0 Å². The molecule has 0 spiro atoms. The van der Waals surface area contributed by atoms with Crippen LogP contribution in [-0.4, -0.2) is 4.89 Å². The molecule has 0 aromatic heterocycles. The van der Waals surface area contributed by atoms with E-state index >= 15 is 0 Å². The zero-order valence-electron chi connectivity index (χ0n) is 5.44. The molecule has 0 aliphatic carbocycles. The Kier molecular flexibility index (Phi) is 22.0. The van der Waals surface area contributed by atoms with Crippen molar-refractivity contribution in [2.45, 2.75) is 7.43 Å². The fraction of sp³-hybridized carbons (Fsp3) is 1.00. The Morgan fingerprint density at radius 2 is 1.73 bits per heavy atom. The largest absolute Gasteiger partial charge is 1.00 e. The first kappa shape index (κ1) is 23.3. The van der Waals surface area contributed by atoms with E-state index in [0.29, 0.717) is 0 Å². The maximum absolute atomic E-state index is 9.43. The third-order valence-electron chi connectivity index (χ3n) is 0.190. The molecule has 0 fully saturated rings. The second kappa shape index (κ2) is 10.4. The van der Waals surface area contributed by atoms with Crippen LogP contribution in [-0.2, 0) is 13.4 Å². The van der Waals surface area contributed by atoms with Crippen LogP contribution >= 0.6 is 16.1 Å². The minimum Gasteiger partial charge on any atom is -0.781 e. The Morgan fingerprint density at radius 3 is 1.73 bits per heavy atom. The molecule has 2 unspecified atom stereocenters. The van der Waals surface area contributed by atoms with Gasteiger partial charge in [-0.3, -0.25) is 8.88 Å². The zero-order chi connectivity index (χ0) is 6.78. The fourth-order valence-electron chi connectivity index (χ4n) is 0.0942. The number of rotatable bonds is 2. The van der Waals surface area contributed by atoms with Gasteiger partial charge in [-0.15, -0.1) is 0 Å². The summed E-state index contributed by atoms with van der Waals surface area (Å²) in [4.78, 5) is 26.4. The Hall–Kier alpha value is 2.30. The molecular formula is CH6Na2O6P2. The Bertz CT molecular complexity index is 142. The molecule has 6 nitrogen and oxygen atoms in total. The van der Waals surface area contributed by atoms with Crippen LogP contribution in [0.3, 0.4) is 0 Å². The van der Waals surface area contributed by atoms with Gasteiger partial charge in [-0.25, -0.2) is 0 Å². The molecule has 10 heteroatoms. The normalized spacial score (nSPS) is 15.9. The van der Waals surface area contributed by atoms with Crippen molar-refractivity contribution in [3.63, 3.8) is 0 Å². The molecule has 0 amide bonds. The SMILES string of the molecule is C.O=[PH]([O-])OP(=O)([O-])O.[Na+].[Na+]. The molecule has 2 atom stereocenters. The molecule has 58 valence electrons. The second-order valence-corrected chi connectivity index (χ2v) is 2.98. The standard InChI is InChI=1S/CH4.2Na.H4O6P2/c;;;1-7(2)6-8(3,4)5/h1H4;;;7H,(H,1,2)(H2,3,4,5)/q;2*+1;/p-2. The van der Waals surface area contributed by atoms with Crippen LogP contribution in [0, 0.1) is 0 Å². The third-order valence-corrected chi connectivity index (χ3v) is 1.71. The van der Waals surface area contributed by atoms with E-state index in [9.17, 15) is 18.9 Å². The summed E-state index contributed by atoms with van der Waals surface area (Å²) < 4.78 is 21.7. The first-order valence-corrected chi connectivity index (χ1v) is 4.08. The molecule has 0 bridgehead atoms. The van der Waals surface area contributed by atoms with Gasteiger partial charge in [0, 0.05) is 0 Å². The molecule has 0 heterocycles. The molecule has 1 N–H and O–H groups in total. The van der Waals surface area contributed by atoms with Crippen molar-refractivity contribution in [1.29, 1.82) is 0 Å². The average molecular weight is 222 g/mol. The Morgan fingerprint density at radius 1 is 1.45 bits per heavy atom. The molecule has 0 saturated heterocycles. The van der Waals surface area contributed by atoms with Crippen molar-refractivity contribution in [3.8, 4) is 0 Å². The van der Waals surface area contributed by atoms with Crippen molar-refractivity contribution < 1.29 is 87.2 Å². The van der Waals surface area contributed by atoms with Crippen LogP contribution in [0.25, 0.3) is 0 Å². The minimum absolute atomic E-state index is 0. The van der Waals surface area contributed by atoms with Gasteiger partial charge in [0.2, 0.25) is 0 Å². The predicted octanol–water partition coefficient (Wildman–Crippen LogP) is -7.14. The molecule has 0 aromatic rings. The van der Waals surface area contributed by atoms with Crippen molar-refractivity contribution in [1.82, 2.24) is 0 Å². The van der Waals surface area contributed by atoms with Gasteiger partial charge in [0.1, 0.15) is 8.25 Å². The molecule has 0 saturated carbocycles. The van der Waals surface area contributed by atoms with Crippen LogP contribution < -0.4 is 68.9 Å². The van der Waals surface area contributed by atoms with Crippen LogP contribution in [0.5, 0.6) is 0 Å². The molecule has 0 radical (unpaired) electrons. The quantitative estimate of drug-likeness (QED) is 0.367. The summed E-state index contributed by atoms with van der Waals surface area (Å²) in [6, 6.07) is 0. The van der Waals surface area contributed by atoms with Gasteiger partial charge in [0.05, 0.1) is 0 Å². The summed E-state index contributed by atoms with van der Waals surface area (Å²) in [5.74, 6) is 0. The van der Waals surface area contributed by atoms with Crippen molar-refractivity contribution in [2.75, 3.05) is 0 Å². The minimum atomic E-state index is -5.05. The predicted molar refractivity (Wildman–Crippen MR) is 26.6 cm³/mol. The summed E-state index contributed by atoms with van der Waals surface area (Å²) in [7, 11) is -8.87. The van der Waals surface area contributed by atoms with Crippen LogP contribution in [0.2, 0.25) is 0 Å². The molecule has 0 aliphatic heterocycles. The maximum Gasteiger partial charge on any atom is 1.00 e. The van der Waals surface area contributed by atoms with E-state index in [1.54, 1.807) is 0 Å². The average Bonchev–Trinajstić information content (AvgIpc) is 1.21. The molecule has 0 aromatic carbocycles. The van der Waals surface area contributed by atoms with Gasteiger partial charge in [-0.2, -0.15) is 0 Å². The number of hydrogen-bond acceptors (Lipinski definition) is 5. The molecule has 0 aliphatic rings. The Labute approximate surface area is 109 Å². The van der Waals surface area contributed by atoms with E-state index < -0.39 is 16.1 Å². The van der Waals surface area contributed by atoms with Crippen LogP contribution in [0.4, 0.5) is 0 Å². The van der Waals surface area contributed by atoms with E-state index in [1.807, 2.05) is 0 Å². The van der Waals surface area contributed by atoms with Gasteiger partial charge < -0.3 is 19.2 Å². The first-order chi connectivity index (χ1) is 3.42. The molecule has 11 heavy (non-hydrogen) atoms. The third kappa shape index (κ3) is 24.5. The van der Waals surface area contributed by atoms with Gasteiger partial charge in [0.25, 0.3) is 7.82 Å². The zero-order valence-corrected chi connectivity index (χ0v) is 11.3. The van der Waals surface area contributed by atoms with E-state index in [1.165, 1.54) is 0 Å². The summed E-state index contributed by atoms with van der Waals surface area (Å²) in [6.07, 6.45) is 0. The van der Waals surface area contributed by atoms with Gasteiger partial charge in [-0.05, 0) is 0 Å². The second-order valence-electron chi connectivity index (χ2n) is 0.810. The number of phosphoric acid groups is 1. The van der Waals surface area contributed by atoms with E-state index in [0.717, 1.165) is 0 Å². The monoisotopic (exact) mass is 222 g/mol. The smallest absolute Gasteiger partial charge is 0.781 e. The van der Waals surface area contributed by atoms with Crippen molar-refractivity contribution in [3.05, 3.63) is 0 Å². The summed E-state index contributed by atoms with van der Waals surface area (Å²) in [6.45, 7) is 0. The topological polar surface area (TPSA) is 110 Å². The van der Waals surface area contributed by atoms with Crippen molar-refractivity contribution >= 4 is 16.1 Å². The van der Waals surface area contributed by atoms with Gasteiger partial charge in [0.15, 0.2) is 0 Å².